The molecule has 1 aliphatic heterocycles. The minimum atomic E-state index is -4.15. The maximum atomic E-state index is 12.1. The van der Waals surface area contributed by atoms with Gasteiger partial charge in [-0.2, -0.15) is 13.2 Å². The van der Waals surface area contributed by atoms with E-state index in [-0.39, 0.29) is 23.6 Å². The highest BCUT2D eigenvalue weighted by Crippen LogP contribution is 2.31. The second kappa shape index (κ2) is 6.15. The molecule has 0 amide bonds. The van der Waals surface area contributed by atoms with E-state index in [0.717, 1.165) is 6.42 Å². The van der Waals surface area contributed by atoms with Crippen LogP contribution in [-0.4, -0.2) is 35.3 Å². The molecule has 2 nitrogen and oxygen atoms in total. The van der Waals surface area contributed by atoms with Gasteiger partial charge in [-0.25, -0.2) is 0 Å². The van der Waals surface area contributed by atoms with Crippen molar-refractivity contribution in [2.75, 3.05) is 18.8 Å². The van der Waals surface area contributed by atoms with Crippen LogP contribution in [-0.2, 0) is 13.0 Å². The summed E-state index contributed by atoms with van der Waals surface area (Å²) in [6.07, 6.45) is 0.823. The Morgan fingerprint density at radius 1 is 1.26 bits per heavy atom. The van der Waals surface area contributed by atoms with Gasteiger partial charge < -0.3 is 5.73 Å². The van der Waals surface area contributed by atoms with E-state index in [1.54, 1.807) is 0 Å². The Hall–Kier alpha value is -0.720. The van der Waals surface area contributed by atoms with Gasteiger partial charge in [0.1, 0.15) is 0 Å². The van der Waals surface area contributed by atoms with Crippen molar-refractivity contribution >= 4 is 11.8 Å². The lowest BCUT2D eigenvalue weighted by atomic mass is 9.94. The van der Waals surface area contributed by atoms with Gasteiger partial charge in [0.15, 0.2) is 0 Å². The summed E-state index contributed by atoms with van der Waals surface area (Å²) in [5.41, 5.74) is 4.05. The van der Waals surface area contributed by atoms with Gasteiger partial charge in [-0.3, -0.25) is 4.90 Å². The molecule has 0 aliphatic carbocycles. The van der Waals surface area contributed by atoms with Crippen LogP contribution in [0.1, 0.15) is 11.1 Å². The molecule has 0 spiro atoms. The van der Waals surface area contributed by atoms with Gasteiger partial charge >= 0.3 is 5.51 Å². The van der Waals surface area contributed by atoms with Crippen molar-refractivity contribution in [2.24, 2.45) is 5.73 Å². The Balaban J connectivity index is 1.97. The number of thioether (sulfide) groups is 1. The average molecular weight is 290 g/mol. The first-order chi connectivity index (χ1) is 8.99. The van der Waals surface area contributed by atoms with Crippen LogP contribution in [0.25, 0.3) is 0 Å². The van der Waals surface area contributed by atoms with Crippen LogP contribution in [0.4, 0.5) is 13.2 Å². The Labute approximate surface area is 115 Å². The van der Waals surface area contributed by atoms with Crippen molar-refractivity contribution in [2.45, 2.75) is 24.5 Å². The first kappa shape index (κ1) is 14.7. The number of alkyl halides is 3. The minimum Gasteiger partial charge on any atom is -0.329 e. The Bertz CT molecular complexity index is 423. The van der Waals surface area contributed by atoms with Gasteiger partial charge in [-0.15, -0.1) is 0 Å². The first-order valence-electron chi connectivity index (χ1n) is 6.21. The number of nitrogens with two attached hydrogens (primary N) is 1. The van der Waals surface area contributed by atoms with Crippen LogP contribution in [0.5, 0.6) is 0 Å². The summed E-state index contributed by atoms with van der Waals surface area (Å²) in [4.78, 5) is 2.06. The Kier molecular flexibility index (Phi) is 4.76. The zero-order valence-corrected chi connectivity index (χ0v) is 11.3. The van der Waals surface area contributed by atoms with Gasteiger partial charge in [-0.1, -0.05) is 24.3 Å². The van der Waals surface area contributed by atoms with Crippen LogP contribution in [0.2, 0.25) is 0 Å². The predicted octanol–water partition coefficient (Wildman–Crippen LogP) is 2.63. The third-order valence-electron chi connectivity index (χ3n) is 3.38. The average Bonchev–Trinajstić information content (AvgIpc) is 2.36. The summed E-state index contributed by atoms with van der Waals surface area (Å²) in [6.45, 7) is 1.59. The zero-order chi connectivity index (χ0) is 13.9. The van der Waals surface area contributed by atoms with Crippen molar-refractivity contribution in [3.63, 3.8) is 0 Å². The van der Waals surface area contributed by atoms with Gasteiger partial charge in [0.2, 0.25) is 0 Å². The number of hydrogen-bond acceptors (Lipinski definition) is 3. The lowest BCUT2D eigenvalue weighted by molar-refractivity contribution is -0.0329. The highest BCUT2D eigenvalue weighted by atomic mass is 32.2. The molecule has 2 N–H and O–H groups in total. The molecular formula is C13H17F3N2S. The summed E-state index contributed by atoms with van der Waals surface area (Å²) in [7, 11) is 0. The number of benzene rings is 1. The number of fused-ring (bicyclic) bond motifs is 1. The van der Waals surface area contributed by atoms with Gasteiger partial charge in [0.25, 0.3) is 0 Å². The molecular weight excluding hydrogens is 273 g/mol. The molecule has 0 fully saturated rings. The fourth-order valence-electron chi connectivity index (χ4n) is 2.41. The van der Waals surface area contributed by atoms with E-state index in [1.807, 2.05) is 18.2 Å². The predicted molar refractivity (Wildman–Crippen MR) is 71.9 cm³/mol. The molecule has 106 valence electrons. The Morgan fingerprint density at radius 2 is 1.95 bits per heavy atom. The maximum absolute atomic E-state index is 12.1. The van der Waals surface area contributed by atoms with Crippen molar-refractivity contribution in [3.05, 3.63) is 35.4 Å². The van der Waals surface area contributed by atoms with E-state index >= 15 is 0 Å². The molecule has 0 bridgehead atoms. The van der Waals surface area contributed by atoms with Crippen LogP contribution >= 0.6 is 11.8 Å². The SMILES string of the molecule is NCC1Cc2ccccc2CN1CCSC(F)(F)F. The molecule has 1 heterocycles. The van der Waals surface area contributed by atoms with Crippen LogP contribution < -0.4 is 5.73 Å². The number of rotatable bonds is 4. The highest BCUT2D eigenvalue weighted by molar-refractivity contribution is 8.00. The fraction of sp³-hybridized carbons (Fsp3) is 0.538. The molecule has 2 rings (SSSR count). The fourth-order valence-corrected chi connectivity index (χ4v) is 2.97. The normalized spacial score (nSPS) is 20.3. The minimum absolute atomic E-state index is 0.0386. The van der Waals surface area contributed by atoms with E-state index in [0.29, 0.717) is 19.6 Å². The molecule has 0 radical (unpaired) electrons. The van der Waals surface area contributed by atoms with E-state index in [4.69, 9.17) is 5.73 Å². The molecule has 0 saturated carbocycles. The van der Waals surface area contributed by atoms with Crippen molar-refractivity contribution in [1.29, 1.82) is 0 Å². The quantitative estimate of drug-likeness (QED) is 0.924. The van der Waals surface area contributed by atoms with Gasteiger partial charge in [-0.05, 0) is 29.3 Å². The van der Waals surface area contributed by atoms with Crippen molar-refractivity contribution < 1.29 is 13.2 Å². The van der Waals surface area contributed by atoms with Crippen molar-refractivity contribution in [3.8, 4) is 0 Å². The second-order valence-electron chi connectivity index (χ2n) is 4.63. The van der Waals surface area contributed by atoms with E-state index in [2.05, 4.69) is 11.0 Å². The van der Waals surface area contributed by atoms with E-state index in [1.165, 1.54) is 11.1 Å². The topological polar surface area (TPSA) is 29.3 Å². The molecule has 1 aromatic carbocycles. The molecule has 1 unspecified atom stereocenters. The lowest BCUT2D eigenvalue weighted by Gasteiger charge is -2.36. The largest absolute Gasteiger partial charge is 0.441 e. The summed E-state index contributed by atoms with van der Waals surface area (Å²) in [5.74, 6) is 0.0577. The van der Waals surface area contributed by atoms with Crippen molar-refractivity contribution in [1.82, 2.24) is 4.90 Å². The van der Waals surface area contributed by atoms with E-state index < -0.39 is 5.51 Å². The molecule has 6 heteroatoms. The third-order valence-corrected chi connectivity index (χ3v) is 4.09. The molecule has 19 heavy (non-hydrogen) atoms. The number of halogens is 3. The second-order valence-corrected chi connectivity index (χ2v) is 5.79. The molecule has 1 aliphatic rings. The standard InChI is InChI=1S/C13H17F3N2S/c14-13(15,16)19-6-5-18-9-11-4-2-1-3-10(11)7-12(18)8-17/h1-4,12H,5-9,17H2. The third kappa shape index (κ3) is 4.12. The summed E-state index contributed by atoms with van der Waals surface area (Å²) in [6, 6.07) is 8.20. The highest BCUT2D eigenvalue weighted by Gasteiger charge is 2.30. The van der Waals surface area contributed by atoms with Crippen LogP contribution in [0, 0.1) is 0 Å². The monoisotopic (exact) mass is 290 g/mol. The summed E-state index contributed by atoms with van der Waals surface area (Å²) >= 11 is 0.0386. The molecule has 1 atom stereocenters. The van der Waals surface area contributed by atoms with Gasteiger partial charge in [0.05, 0.1) is 0 Å². The Morgan fingerprint density at radius 3 is 2.58 bits per heavy atom. The van der Waals surface area contributed by atoms with E-state index in [9.17, 15) is 13.2 Å². The molecule has 1 aromatic rings. The summed E-state index contributed by atoms with van der Waals surface area (Å²) < 4.78 is 36.4. The van der Waals surface area contributed by atoms with Crippen LogP contribution in [0.3, 0.4) is 0 Å². The summed E-state index contributed by atoms with van der Waals surface area (Å²) in [5, 5.41) is 0. The number of hydrogen-bond donors (Lipinski definition) is 1. The lowest BCUT2D eigenvalue weighted by Crippen LogP contribution is -2.45. The smallest absolute Gasteiger partial charge is 0.329 e. The number of nitrogens with zero attached hydrogens (tertiary/aromatic N) is 1. The van der Waals surface area contributed by atoms with Crippen LogP contribution in [0.15, 0.2) is 24.3 Å². The zero-order valence-electron chi connectivity index (χ0n) is 10.5. The first-order valence-corrected chi connectivity index (χ1v) is 7.20. The van der Waals surface area contributed by atoms with Gasteiger partial charge in [0, 0.05) is 31.4 Å². The molecule has 0 saturated heterocycles. The molecule has 0 aromatic heterocycles. The maximum Gasteiger partial charge on any atom is 0.441 e.